The molecule has 2 rings (SSSR count). The summed E-state index contributed by atoms with van der Waals surface area (Å²) in [5, 5.41) is 9.96. The molecule has 0 heterocycles. The van der Waals surface area contributed by atoms with Gasteiger partial charge in [0, 0.05) is 12.6 Å². The maximum absolute atomic E-state index is 13.3. The minimum Gasteiger partial charge on any atom is -0.488 e. The fourth-order valence-electron chi connectivity index (χ4n) is 2.37. The van der Waals surface area contributed by atoms with Crippen LogP contribution in [0.2, 0.25) is 0 Å². The van der Waals surface area contributed by atoms with Crippen LogP contribution < -0.4 is 10.5 Å². The Kier molecular flexibility index (Phi) is 4.55. The lowest BCUT2D eigenvalue weighted by Crippen LogP contribution is -2.30. The second-order valence-corrected chi connectivity index (χ2v) is 4.86. The van der Waals surface area contributed by atoms with Crippen LogP contribution in [-0.2, 0) is 6.54 Å². The molecule has 1 fully saturated rings. The van der Waals surface area contributed by atoms with Crippen LogP contribution in [0.3, 0.4) is 0 Å². The monoisotopic (exact) mass is 253 g/mol. The van der Waals surface area contributed by atoms with Gasteiger partial charge in [0.1, 0.15) is 17.7 Å². The summed E-state index contributed by atoms with van der Waals surface area (Å²) in [6, 6.07) is 4.48. The van der Waals surface area contributed by atoms with E-state index < -0.39 is 6.10 Å². The van der Waals surface area contributed by atoms with Crippen LogP contribution in [0.5, 0.6) is 5.75 Å². The van der Waals surface area contributed by atoms with Crippen molar-refractivity contribution in [2.45, 2.75) is 50.9 Å². The lowest BCUT2D eigenvalue weighted by Gasteiger charge is -2.22. The molecule has 3 N–H and O–H groups in total. The molecule has 3 nitrogen and oxygen atoms in total. The van der Waals surface area contributed by atoms with E-state index in [1.165, 1.54) is 12.1 Å². The second-order valence-electron chi connectivity index (χ2n) is 4.86. The van der Waals surface area contributed by atoms with Gasteiger partial charge in [-0.2, -0.15) is 0 Å². The molecule has 1 saturated carbocycles. The number of hydrogen-bond acceptors (Lipinski definition) is 3. The zero-order chi connectivity index (χ0) is 13.0. The predicted molar refractivity (Wildman–Crippen MR) is 67.8 cm³/mol. The Morgan fingerprint density at radius 3 is 2.78 bits per heavy atom. The van der Waals surface area contributed by atoms with Crippen molar-refractivity contribution in [2.75, 3.05) is 0 Å². The lowest BCUT2D eigenvalue weighted by atomic mass is 10.1. The molecule has 18 heavy (non-hydrogen) atoms. The molecule has 100 valence electrons. The standard InChI is InChI=1S/C14H20FNO2/c15-11-6-10(9-16)7-12(8-11)18-14-5-3-1-2-4-13(14)17/h6-8,13-14,17H,1-5,9,16H2. The van der Waals surface area contributed by atoms with Gasteiger partial charge in [0.15, 0.2) is 0 Å². The van der Waals surface area contributed by atoms with Crippen LogP contribution in [0.4, 0.5) is 4.39 Å². The fourth-order valence-corrected chi connectivity index (χ4v) is 2.37. The molecule has 1 aromatic rings. The Morgan fingerprint density at radius 2 is 2.00 bits per heavy atom. The minimum atomic E-state index is -0.461. The van der Waals surface area contributed by atoms with Crippen molar-refractivity contribution in [1.82, 2.24) is 0 Å². The van der Waals surface area contributed by atoms with E-state index >= 15 is 0 Å². The molecule has 4 heteroatoms. The second kappa shape index (κ2) is 6.16. The fraction of sp³-hybridized carbons (Fsp3) is 0.571. The smallest absolute Gasteiger partial charge is 0.127 e. The molecule has 0 aliphatic heterocycles. The van der Waals surface area contributed by atoms with Crippen molar-refractivity contribution in [3.8, 4) is 5.75 Å². The molecule has 1 aliphatic rings. The summed E-state index contributed by atoms with van der Waals surface area (Å²) in [7, 11) is 0. The molecule has 2 atom stereocenters. The zero-order valence-corrected chi connectivity index (χ0v) is 10.4. The lowest BCUT2D eigenvalue weighted by molar-refractivity contribution is 0.0317. The van der Waals surface area contributed by atoms with Crippen LogP contribution in [-0.4, -0.2) is 17.3 Å². The first-order valence-corrected chi connectivity index (χ1v) is 6.53. The van der Waals surface area contributed by atoms with Gasteiger partial charge in [0.25, 0.3) is 0 Å². The highest BCUT2D eigenvalue weighted by Crippen LogP contribution is 2.24. The SMILES string of the molecule is NCc1cc(F)cc(OC2CCCCCC2O)c1. The van der Waals surface area contributed by atoms with Crippen LogP contribution in [0, 0.1) is 5.82 Å². The Morgan fingerprint density at radius 1 is 1.22 bits per heavy atom. The van der Waals surface area contributed by atoms with E-state index in [1.54, 1.807) is 6.07 Å². The molecule has 0 spiro atoms. The van der Waals surface area contributed by atoms with Crippen molar-refractivity contribution in [2.24, 2.45) is 5.73 Å². The van der Waals surface area contributed by atoms with Crippen LogP contribution in [0.1, 0.15) is 37.7 Å². The molecule has 1 aromatic carbocycles. The molecule has 0 amide bonds. The number of nitrogens with two attached hydrogens (primary N) is 1. The Hall–Kier alpha value is -1.13. The summed E-state index contributed by atoms with van der Waals surface area (Å²) in [6.07, 6.45) is 4.06. The highest BCUT2D eigenvalue weighted by molar-refractivity contribution is 5.29. The van der Waals surface area contributed by atoms with Gasteiger partial charge in [0.2, 0.25) is 0 Å². The largest absolute Gasteiger partial charge is 0.488 e. The topological polar surface area (TPSA) is 55.5 Å². The van der Waals surface area contributed by atoms with E-state index in [2.05, 4.69) is 0 Å². The van der Waals surface area contributed by atoms with Crippen molar-refractivity contribution < 1.29 is 14.2 Å². The third kappa shape index (κ3) is 3.43. The van der Waals surface area contributed by atoms with Crippen molar-refractivity contribution in [3.63, 3.8) is 0 Å². The van der Waals surface area contributed by atoms with E-state index in [1.807, 2.05) is 0 Å². The summed E-state index contributed by atoms with van der Waals surface area (Å²) in [5.41, 5.74) is 6.20. The number of hydrogen-bond donors (Lipinski definition) is 2. The van der Waals surface area contributed by atoms with Gasteiger partial charge in [-0.3, -0.25) is 0 Å². The molecule has 2 unspecified atom stereocenters. The van der Waals surface area contributed by atoms with Gasteiger partial charge in [-0.1, -0.05) is 12.8 Å². The molecule has 1 aliphatic carbocycles. The zero-order valence-electron chi connectivity index (χ0n) is 10.4. The van der Waals surface area contributed by atoms with Gasteiger partial charge in [0.05, 0.1) is 6.10 Å². The molecule has 0 aromatic heterocycles. The van der Waals surface area contributed by atoms with E-state index in [4.69, 9.17) is 10.5 Å². The van der Waals surface area contributed by atoms with Crippen molar-refractivity contribution in [1.29, 1.82) is 0 Å². The molecule has 0 bridgehead atoms. The Labute approximate surface area is 107 Å². The highest BCUT2D eigenvalue weighted by atomic mass is 19.1. The van der Waals surface area contributed by atoms with Crippen molar-refractivity contribution in [3.05, 3.63) is 29.6 Å². The van der Waals surface area contributed by atoms with Gasteiger partial charge in [-0.05, 0) is 37.0 Å². The minimum absolute atomic E-state index is 0.236. The van der Waals surface area contributed by atoms with Gasteiger partial charge < -0.3 is 15.6 Å². The molecular weight excluding hydrogens is 233 g/mol. The van der Waals surface area contributed by atoms with E-state index in [0.29, 0.717) is 11.3 Å². The van der Waals surface area contributed by atoms with E-state index in [9.17, 15) is 9.50 Å². The summed E-state index contributed by atoms with van der Waals surface area (Å²) in [5.74, 6) is 0.109. The Bertz CT molecular complexity index is 397. The number of aliphatic hydroxyl groups excluding tert-OH is 1. The van der Waals surface area contributed by atoms with Gasteiger partial charge in [-0.25, -0.2) is 4.39 Å². The van der Waals surface area contributed by atoms with E-state index in [-0.39, 0.29) is 18.5 Å². The number of benzene rings is 1. The Balaban J connectivity index is 2.09. The average molecular weight is 253 g/mol. The third-order valence-electron chi connectivity index (χ3n) is 3.37. The summed E-state index contributed by atoms with van der Waals surface area (Å²) >= 11 is 0. The van der Waals surface area contributed by atoms with Gasteiger partial charge >= 0.3 is 0 Å². The van der Waals surface area contributed by atoms with Crippen LogP contribution in [0.25, 0.3) is 0 Å². The molecule has 0 saturated heterocycles. The maximum atomic E-state index is 13.3. The normalized spacial score (nSPS) is 24.6. The molecular formula is C14H20FNO2. The van der Waals surface area contributed by atoms with Crippen molar-refractivity contribution >= 4 is 0 Å². The summed E-state index contributed by atoms with van der Waals surface area (Å²) in [6.45, 7) is 0.279. The number of halogens is 1. The summed E-state index contributed by atoms with van der Waals surface area (Å²) < 4.78 is 19.1. The highest BCUT2D eigenvalue weighted by Gasteiger charge is 2.23. The van der Waals surface area contributed by atoms with Crippen LogP contribution in [0.15, 0.2) is 18.2 Å². The predicted octanol–water partition coefficient (Wildman–Crippen LogP) is 2.36. The molecule has 0 radical (unpaired) electrons. The number of rotatable bonds is 3. The summed E-state index contributed by atoms with van der Waals surface area (Å²) in [4.78, 5) is 0. The number of ether oxygens (including phenoxy) is 1. The van der Waals surface area contributed by atoms with Crippen LogP contribution >= 0.6 is 0 Å². The average Bonchev–Trinajstić information content (AvgIpc) is 2.54. The van der Waals surface area contributed by atoms with Gasteiger partial charge in [-0.15, -0.1) is 0 Å². The number of aliphatic hydroxyl groups is 1. The first-order valence-electron chi connectivity index (χ1n) is 6.53. The quantitative estimate of drug-likeness (QED) is 0.813. The first-order chi connectivity index (χ1) is 8.69. The first kappa shape index (κ1) is 13.3. The van der Waals surface area contributed by atoms with E-state index in [0.717, 1.165) is 32.1 Å². The maximum Gasteiger partial charge on any atom is 0.127 e. The third-order valence-corrected chi connectivity index (χ3v) is 3.37.